The number of hydrogen-bond donors (Lipinski definition) is 0. The van der Waals surface area contributed by atoms with Gasteiger partial charge in [-0.2, -0.15) is 0 Å². The van der Waals surface area contributed by atoms with Crippen LogP contribution in [0, 0.1) is 0 Å². The number of nitrogens with zero attached hydrogens (tertiary/aromatic N) is 1. The quantitative estimate of drug-likeness (QED) is 0.746. The second-order valence-electron chi connectivity index (χ2n) is 4.01. The summed E-state index contributed by atoms with van der Waals surface area (Å²) in [6, 6.07) is 6.88. The van der Waals surface area contributed by atoms with E-state index in [1.54, 1.807) is 24.3 Å². The van der Waals surface area contributed by atoms with E-state index in [4.69, 9.17) is 4.74 Å². The molecule has 0 aromatic heterocycles. The van der Waals surface area contributed by atoms with Gasteiger partial charge in [-0.3, -0.25) is 9.59 Å². The molecule has 0 unspecified atom stereocenters. The van der Waals surface area contributed by atoms with Crippen LogP contribution in [0.2, 0.25) is 0 Å². The van der Waals surface area contributed by atoms with Gasteiger partial charge in [-0.1, -0.05) is 0 Å². The van der Waals surface area contributed by atoms with E-state index in [1.807, 2.05) is 13.8 Å². The van der Waals surface area contributed by atoms with Gasteiger partial charge in [0.05, 0.1) is 11.8 Å². The number of imide groups is 1. The van der Waals surface area contributed by atoms with E-state index in [1.165, 1.54) is 12.2 Å². The van der Waals surface area contributed by atoms with Crippen molar-refractivity contribution in [2.24, 2.45) is 0 Å². The lowest BCUT2D eigenvalue weighted by molar-refractivity contribution is -0.119. The van der Waals surface area contributed by atoms with Gasteiger partial charge >= 0.3 is 0 Å². The summed E-state index contributed by atoms with van der Waals surface area (Å²) in [6.45, 7) is 3.87. The number of hydrogen-bond acceptors (Lipinski definition) is 3. The highest BCUT2D eigenvalue weighted by Gasteiger charge is 2.24. The SMILES string of the molecule is CC(C)Oc1ccc(N2C(=O)C=CC2=O)cc1. The van der Waals surface area contributed by atoms with Crippen LogP contribution in [0.4, 0.5) is 5.69 Å². The minimum atomic E-state index is -0.312. The summed E-state index contributed by atoms with van der Waals surface area (Å²) in [5, 5.41) is 0. The predicted molar refractivity (Wildman–Crippen MR) is 63.8 cm³/mol. The molecule has 0 saturated heterocycles. The van der Waals surface area contributed by atoms with Gasteiger partial charge in [0, 0.05) is 12.2 Å². The number of carbonyl (C=O) groups excluding carboxylic acids is 2. The summed E-state index contributed by atoms with van der Waals surface area (Å²) in [6.07, 6.45) is 2.62. The molecule has 88 valence electrons. The van der Waals surface area contributed by atoms with E-state index in [2.05, 4.69) is 0 Å². The average molecular weight is 231 g/mol. The van der Waals surface area contributed by atoms with Crippen LogP contribution in [0.1, 0.15) is 13.8 Å². The van der Waals surface area contributed by atoms with Crippen molar-refractivity contribution >= 4 is 17.5 Å². The summed E-state index contributed by atoms with van der Waals surface area (Å²) in [5.41, 5.74) is 0.557. The smallest absolute Gasteiger partial charge is 0.258 e. The van der Waals surface area contributed by atoms with Crippen molar-refractivity contribution in [1.29, 1.82) is 0 Å². The van der Waals surface area contributed by atoms with Crippen LogP contribution in [0.5, 0.6) is 5.75 Å². The first-order valence-electron chi connectivity index (χ1n) is 5.41. The predicted octanol–water partition coefficient (Wildman–Crippen LogP) is 1.90. The second kappa shape index (κ2) is 4.41. The maximum Gasteiger partial charge on any atom is 0.258 e. The number of benzene rings is 1. The Kier molecular flexibility index (Phi) is 2.95. The van der Waals surface area contributed by atoms with Gasteiger partial charge in [0.25, 0.3) is 11.8 Å². The number of amides is 2. The highest BCUT2D eigenvalue weighted by Crippen LogP contribution is 2.22. The molecule has 0 saturated carbocycles. The first kappa shape index (κ1) is 11.4. The molecule has 4 nitrogen and oxygen atoms in total. The third-order valence-corrected chi connectivity index (χ3v) is 2.28. The Morgan fingerprint density at radius 2 is 1.53 bits per heavy atom. The second-order valence-corrected chi connectivity index (χ2v) is 4.01. The van der Waals surface area contributed by atoms with Crippen molar-refractivity contribution in [3.05, 3.63) is 36.4 Å². The molecule has 1 aliphatic rings. The maximum atomic E-state index is 11.4. The van der Waals surface area contributed by atoms with Gasteiger partial charge in [0.1, 0.15) is 5.75 Å². The van der Waals surface area contributed by atoms with Crippen LogP contribution in [0.15, 0.2) is 36.4 Å². The van der Waals surface area contributed by atoms with Crippen molar-refractivity contribution in [2.45, 2.75) is 20.0 Å². The lowest BCUT2D eigenvalue weighted by atomic mass is 10.2. The van der Waals surface area contributed by atoms with Crippen LogP contribution < -0.4 is 9.64 Å². The van der Waals surface area contributed by atoms with Gasteiger partial charge in [-0.15, -0.1) is 0 Å². The Balaban J connectivity index is 2.18. The monoisotopic (exact) mass is 231 g/mol. The fraction of sp³-hybridized carbons (Fsp3) is 0.231. The van der Waals surface area contributed by atoms with Crippen LogP contribution in [-0.2, 0) is 9.59 Å². The molecule has 0 spiro atoms. The third kappa shape index (κ3) is 2.36. The highest BCUT2D eigenvalue weighted by molar-refractivity contribution is 6.28. The Labute approximate surface area is 99.5 Å². The van der Waals surface area contributed by atoms with Gasteiger partial charge in [-0.25, -0.2) is 4.90 Å². The Bertz CT molecular complexity index is 456. The molecule has 1 aliphatic heterocycles. The number of ether oxygens (including phenoxy) is 1. The minimum Gasteiger partial charge on any atom is -0.491 e. The Morgan fingerprint density at radius 1 is 1.00 bits per heavy atom. The molecule has 0 atom stereocenters. The average Bonchev–Trinajstić information content (AvgIpc) is 2.59. The first-order chi connectivity index (χ1) is 8.08. The van der Waals surface area contributed by atoms with E-state index in [0.717, 1.165) is 10.6 Å². The lowest BCUT2D eigenvalue weighted by Gasteiger charge is -2.15. The molecule has 0 bridgehead atoms. The summed E-state index contributed by atoms with van der Waals surface area (Å²) in [5.74, 6) is 0.0934. The molecular formula is C13H13NO3. The zero-order chi connectivity index (χ0) is 12.4. The lowest BCUT2D eigenvalue weighted by Crippen LogP contribution is -2.29. The fourth-order valence-electron chi connectivity index (χ4n) is 1.60. The number of anilines is 1. The van der Waals surface area contributed by atoms with Crippen LogP contribution in [0.25, 0.3) is 0 Å². The molecule has 1 aromatic rings. The summed E-state index contributed by atoms with van der Waals surface area (Å²) < 4.78 is 5.48. The first-order valence-corrected chi connectivity index (χ1v) is 5.41. The third-order valence-electron chi connectivity index (χ3n) is 2.28. The maximum absolute atomic E-state index is 11.4. The summed E-state index contributed by atoms with van der Waals surface area (Å²) >= 11 is 0. The van der Waals surface area contributed by atoms with E-state index >= 15 is 0 Å². The van der Waals surface area contributed by atoms with Crippen molar-refractivity contribution in [1.82, 2.24) is 0 Å². The van der Waals surface area contributed by atoms with Crippen LogP contribution >= 0.6 is 0 Å². The van der Waals surface area contributed by atoms with E-state index in [9.17, 15) is 9.59 Å². The molecule has 0 radical (unpaired) electrons. The van der Waals surface area contributed by atoms with Gasteiger partial charge in [0.15, 0.2) is 0 Å². The molecule has 1 aromatic carbocycles. The molecule has 0 fully saturated rings. The van der Waals surface area contributed by atoms with Gasteiger partial charge in [-0.05, 0) is 38.1 Å². The van der Waals surface area contributed by atoms with E-state index in [-0.39, 0.29) is 17.9 Å². The minimum absolute atomic E-state index is 0.0950. The largest absolute Gasteiger partial charge is 0.491 e. The summed E-state index contributed by atoms with van der Waals surface area (Å²) in [4.78, 5) is 24.0. The topological polar surface area (TPSA) is 46.6 Å². The number of carbonyl (C=O) groups is 2. The Morgan fingerprint density at radius 3 is 2.00 bits per heavy atom. The zero-order valence-corrected chi connectivity index (χ0v) is 9.71. The fourth-order valence-corrected chi connectivity index (χ4v) is 1.60. The molecule has 0 aliphatic carbocycles. The Hall–Kier alpha value is -2.10. The van der Waals surface area contributed by atoms with E-state index < -0.39 is 0 Å². The van der Waals surface area contributed by atoms with Crippen molar-refractivity contribution < 1.29 is 14.3 Å². The molecule has 2 amide bonds. The van der Waals surface area contributed by atoms with Gasteiger partial charge in [0.2, 0.25) is 0 Å². The molecular weight excluding hydrogens is 218 g/mol. The van der Waals surface area contributed by atoms with Crippen molar-refractivity contribution in [2.75, 3.05) is 4.90 Å². The van der Waals surface area contributed by atoms with Crippen molar-refractivity contribution in [3.8, 4) is 5.75 Å². The zero-order valence-electron chi connectivity index (χ0n) is 9.71. The molecule has 4 heteroatoms. The molecule has 0 N–H and O–H groups in total. The van der Waals surface area contributed by atoms with Crippen molar-refractivity contribution in [3.63, 3.8) is 0 Å². The van der Waals surface area contributed by atoms with E-state index in [0.29, 0.717) is 5.69 Å². The molecule has 2 rings (SSSR count). The van der Waals surface area contributed by atoms with Crippen LogP contribution in [-0.4, -0.2) is 17.9 Å². The summed E-state index contributed by atoms with van der Waals surface area (Å²) in [7, 11) is 0. The van der Waals surface area contributed by atoms with Gasteiger partial charge < -0.3 is 4.74 Å². The number of rotatable bonds is 3. The highest BCUT2D eigenvalue weighted by atomic mass is 16.5. The standard InChI is InChI=1S/C13H13NO3/c1-9(2)17-11-5-3-10(4-6-11)14-12(15)7-8-13(14)16/h3-9H,1-2H3. The molecule has 1 heterocycles. The van der Waals surface area contributed by atoms with Crippen LogP contribution in [0.3, 0.4) is 0 Å². The normalized spacial score (nSPS) is 14.9. The molecule has 17 heavy (non-hydrogen) atoms.